The fourth-order valence-corrected chi connectivity index (χ4v) is 1.90. The van der Waals surface area contributed by atoms with Crippen molar-refractivity contribution in [2.75, 3.05) is 19.8 Å². The van der Waals surface area contributed by atoms with Crippen molar-refractivity contribution < 1.29 is 19.4 Å². The minimum atomic E-state index is -0.893. The van der Waals surface area contributed by atoms with Crippen molar-refractivity contribution in [3.8, 4) is 0 Å². The molecule has 1 aromatic heterocycles. The van der Waals surface area contributed by atoms with Crippen molar-refractivity contribution in [3.05, 3.63) is 23.5 Å². The number of aromatic amines is 1. The number of carbonyl (C=O) groups excluding carboxylic acids is 1. The van der Waals surface area contributed by atoms with Crippen molar-refractivity contribution in [1.29, 1.82) is 0 Å². The zero-order valence-electron chi connectivity index (χ0n) is 11.4. The van der Waals surface area contributed by atoms with Gasteiger partial charge in [-0.2, -0.15) is 0 Å². The van der Waals surface area contributed by atoms with Crippen LogP contribution in [0.4, 0.5) is 0 Å². The Morgan fingerprint density at radius 2 is 2.05 bits per heavy atom. The Morgan fingerprint density at radius 1 is 1.42 bits per heavy atom. The molecule has 0 radical (unpaired) electrons. The molecule has 1 fully saturated rings. The highest BCUT2D eigenvalue weighted by Gasteiger charge is 2.41. The Labute approximate surface area is 112 Å². The van der Waals surface area contributed by atoms with Gasteiger partial charge in [-0.25, -0.2) is 0 Å². The first-order valence-electron chi connectivity index (χ1n) is 6.22. The van der Waals surface area contributed by atoms with E-state index in [1.54, 1.807) is 26.2 Å². The molecule has 0 aromatic carbocycles. The van der Waals surface area contributed by atoms with Gasteiger partial charge in [-0.3, -0.25) is 4.79 Å². The van der Waals surface area contributed by atoms with Gasteiger partial charge < -0.3 is 24.9 Å². The third-order valence-electron chi connectivity index (χ3n) is 3.27. The number of rotatable bonds is 3. The lowest BCUT2D eigenvalue weighted by molar-refractivity contribution is -0.273. The molecular weight excluding hydrogens is 248 g/mol. The van der Waals surface area contributed by atoms with Gasteiger partial charge in [-0.1, -0.05) is 0 Å². The number of aromatic nitrogens is 1. The second-order valence-corrected chi connectivity index (χ2v) is 5.42. The molecule has 0 aliphatic carbocycles. The number of ether oxygens (including phenoxy) is 2. The molecule has 6 nitrogen and oxygen atoms in total. The van der Waals surface area contributed by atoms with Crippen LogP contribution in [0.1, 0.15) is 29.8 Å². The molecule has 3 N–H and O–H groups in total. The van der Waals surface area contributed by atoms with E-state index in [1.165, 1.54) is 0 Å². The molecular formula is C13H20N2O4. The van der Waals surface area contributed by atoms with Crippen LogP contribution in [0.2, 0.25) is 0 Å². The fourth-order valence-electron chi connectivity index (χ4n) is 1.90. The molecule has 1 amide bonds. The van der Waals surface area contributed by atoms with Crippen molar-refractivity contribution in [2.45, 2.75) is 32.1 Å². The van der Waals surface area contributed by atoms with Gasteiger partial charge in [-0.15, -0.1) is 0 Å². The molecule has 0 atom stereocenters. The first kappa shape index (κ1) is 14.0. The van der Waals surface area contributed by atoms with Gasteiger partial charge in [0.2, 0.25) is 0 Å². The summed E-state index contributed by atoms with van der Waals surface area (Å²) in [5.74, 6) is -0.937. The predicted molar refractivity (Wildman–Crippen MR) is 68.8 cm³/mol. The van der Waals surface area contributed by atoms with Gasteiger partial charge in [0.15, 0.2) is 5.79 Å². The summed E-state index contributed by atoms with van der Waals surface area (Å²) in [5, 5.41) is 12.3. The van der Waals surface area contributed by atoms with Crippen molar-refractivity contribution in [2.24, 2.45) is 0 Å². The van der Waals surface area contributed by atoms with E-state index < -0.39 is 11.3 Å². The highest BCUT2D eigenvalue weighted by molar-refractivity contribution is 5.96. The predicted octanol–water partition coefficient (Wildman–Crippen LogP) is 0.567. The molecule has 0 bridgehead atoms. The third kappa shape index (κ3) is 2.97. The summed E-state index contributed by atoms with van der Waals surface area (Å²) in [6, 6.07) is 0. The molecule has 1 saturated heterocycles. The number of nitrogens with one attached hydrogen (secondary N) is 2. The molecule has 0 spiro atoms. The minimum absolute atomic E-state index is 0.214. The summed E-state index contributed by atoms with van der Waals surface area (Å²) >= 11 is 0. The molecule has 6 heteroatoms. The van der Waals surface area contributed by atoms with Gasteiger partial charge in [0.05, 0.1) is 25.4 Å². The van der Waals surface area contributed by atoms with Crippen LogP contribution in [0.3, 0.4) is 0 Å². The first-order chi connectivity index (χ1) is 8.87. The van der Waals surface area contributed by atoms with E-state index in [0.29, 0.717) is 5.56 Å². The highest BCUT2D eigenvalue weighted by atomic mass is 16.7. The van der Waals surface area contributed by atoms with E-state index in [9.17, 15) is 9.90 Å². The maximum absolute atomic E-state index is 12.2. The quantitative estimate of drug-likeness (QED) is 0.748. The van der Waals surface area contributed by atoms with Crippen LogP contribution < -0.4 is 5.32 Å². The van der Waals surface area contributed by atoms with E-state index >= 15 is 0 Å². The Morgan fingerprint density at radius 3 is 2.53 bits per heavy atom. The number of aryl methyl sites for hydroxylation is 1. The molecule has 19 heavy (non-hydrogen) atoms. The number of carbonyl (C=O) groups is 1. The Bertz CT molecular complexity index is 457. The van der Waals surface area contributed by atoms with Crippen LogP contribution in [-0.4, -0.2) is 47.1 Å². The average Bonchev–Trinajstić information content (AvgIpc) is 2.79. The molecule has 2 rings (SSSR count). The lowest BCUT2D eigenvalue weighted by Gasteiger charge is -2.42. The SMILES string of the molecule is Cc1c[nH]cc1C(=O)NC1(CO)COC(C)(C)OC1. The van der Waals surface area contributed by atoms with Crippen molar-refractivity contribution >= 4 is 5.91 Å². The van der Waals surface area contributed by atoms with Gasteiger partial charge in [0.1, 0.15) is 5.54 Å². The second-order valence-electron chi connectivity index (χ2n) is 5.42. The maximum Gasteiger partial charge on any atom is 0.253 e. The second kappa shape index (κ2) is 4.96. The molecule has 106 valence electrons. The number of aliphatic hydroxyl groups is 1. The highest BCUT2D eigenvalue weighted by Crippen LogP contribution is 2.23. The van der Waals surface area contributed by atoms with Crippen LogP contribution in [0, 0.1) is 6.92 Å². The van der Waals surface area contributed by atoms with E-state index in [1.807, 2.05) is 6.92 Å². The standard InChI is InChI=1S/C13H20N2O4/c1-9-4-14-5-10(9)11(17)15-13(6-16)7-18-12(2,3)19-8-13/h4-5,14,16H,6-8H2,1-3H3,(H,15,17). The van der Waals surface area contributed by atoms with Gasteiger partial charge in [0, 0.05) is 12.4 Å². The molecule has 1 aliphatic rings. The number of hydrogen-bond donors (Lipinski definition) is 3. The lowest BCUT2D eigenvalue weighted by Crippen LogP contribution is -2.63. The van der Waals surface area contributed by atoms with Crippen LogP contribution in [0.25, 0.3) is 0 Å². The largest absolute Gasteiger partial charge is 0.394 e. The topological polar surface area (TPSA) is 83.6 Å². The third-order valence-corrected chi connectivity index (χ3v) is 3.27. The van der Waals surface area contributed by atoms with Crippen LogP contribution >= 0.6 is 0 Å². The summed E-state index contributed by atoms with van der Waals surface area (Å²) in [5.41, 5.74) is 0.511. The number of hydrogen-bond acceptors (Lipinski definition) is 4. The lowest BCUT2D eigenvalue weighted by atomic mass is 10.0. The number of aliphatic hydroxyl groups excluding tert-OH is 1. The smallest absolute Gasteiger partial charge is 0.253 e. The first-order valence-corrected chi connectivity index (χ1v) is 6.22. The summed E-state index contributed by atoms with van der Waals surface area (Å²) in [4.78, 5) is 15.0. The van der Waals surface area contributed by atoms with Gasteiger partial charge in [-0.05, 0) is 26.3 Å². The van der Waals surface area contributed by atoms with Crippen molar-refractivity contribution in [3.63, 3.8) is 0 Å². The summed E-state index contributed by atoms with van der Waals surface area (Å²) in [7, 11) is 0. The van der Waals surface area contributed by atoms with E-state index in [4.69, 9.17) is 9.47 Å². The van der Waals surface area contributed by atoms with Crippen LogP contribution in [0.15, 0.2) is 12.4 Å². The Balaban J connectivity index is 2.08. The maximum atomic E-state index is 12.2. The Hall–Kier alpha value is -1.37. The fraction of sp³-hybridized carbons (Fsp3) is 0.615. The average molecular weight is 268 g/mol. The van der Waals surface area contributed by atoms with Crippen LogP contribution in [0.5, 0.6) is 0 Å². The van der Waals surface area contributed by atoms with E-state index in [0.717, 1.165) is 5.56 Å². The molecule has 0 unspecified atom stereocenters. The number of amides is 1. The van der Waals surface area contributed by atoms with Crippen molar-refractivity contribution in [1.82, 2.24) is 10.3 Å². The molecule has 2 heterocycles. The summed E-state index contributed by atoms with van der Waals surface area (Å²) in [6.45, 7) is 5.63. The zero-order valence-corrected chi connectivity index (χ0v) is 11.4. The van der Waals surface area contributed by atoms with E-state index in [2.05, 4.69) is 10.3 Å². The molecule has 1 aromatic rings. The zero-order chi connectivity index (χ0) is 14.1. The molecule has 0 saturated carbocycles. The molecule has 1 aliphatic heterocycles. The minimum Gasteiger partial charge on any atom is -0.394 e. The Kier molecular flexibility index (Phi) is 3.66. The number of H-pyrrole nitrogens is 1. The van der Waals surface area contributed by atoms with Crippen LogP contribution in [-0.2, 0) is 9.47 Å². The van der Waals surface area contributed by atoms with Gasteiger partial charge in [0.25, 0.3) is 5.91 Å². The monoisotopic (exact) mass is 268 g/mol. The summed E-state index contributed by atoms with van der Waals surface area (Å²) < 4.78 is 11.0. The normalized spacial score (nSPS) is 21.1. The summed E-state index contributed by atoms with van der Waals surface area (Å²) in [6.07, 6.45) is 3.38. The van der Waals surface area contributed by atoms with E-state index in [-0.39, 0.29) is 25.7 Å². The van der Waals surface area contributed by atoms with Gasteiger partial charge >= 0.3 is 0 Å².